The highest BCUT2D eigenvalue weighted by Crippen LogP contribution is 2.23. The summed E-state index contributed by atoms with van der Waals surface area (Å²) in [5, 5.41) is 9.07. The van der Waals surface area contributed by atoms with Crippen LogP contribution in [-0.4, -0.2) is 34.5 Å². The van der Waals surface area contributed by atoms with Crippen LogP contribution < -0.4 is 0 Å². The van der Waals surface area contributed by atoms with Gasteiger partial charge in [-0.1, -0.05) is 26.7 Å². The number of carboxylic acids is 1. The highest BCUT2D eigenvalue weighted by atomic mass is 16.4. The van der Waals surface area contributed by atoms with Gasteiger partial charge >= 0.3 is 5.97 Å². The van der Waals surface area contributed by atoms with Gasteiger partial charge in [0, 0.05) is 12.5 Å². The van der Waals surface area contributed by atoms with E-state index in [0.29, 0.717) is 13.0 Å². The molecule has 4 heteroatoms. The van der Waals surface area contributed by atoms with Crippen molar-refractivity contribution in [2.24, 2.45) is 5.92 Å². The number of hydrogen-bond donors (Lipinski definition) is 1. The monoisotopic (exact) mass is 241 g/mol. The number of aliphatic carboxylic acids is 1. The Morgan fingerprint density at radius 1 is 1.41 bits per heavy atom. The molecule has 1 aliphatic rings. The first kappa shape index (κ1) is 14.0. The molecule has 1 amide bonds. The summed E-state index contributed by atoms with van der Waals surface area (Å²) in [7, 11) is 0. The van der Waals surface area contributed by atoms with Crippen LogP contribution in [0.5, 0.6) is 0 Å². The van der Waals surface area contributed by atoms with Crippen molar-refractivity contribution < 1.29 is 14.7 Å². The average Bonchev–Trinajstić information content (AvgIpc) is 2.78. The fourth-order valence-electron chi connectivity index (χ4n) is 2.47. The summed E-state index contributed by atoms with van der Waals surface area (Å²) in [5.41, 5.74) is 0. The Labute approximate surface area is 103 Å². The van der Waals surface area contributed by atoms with Gasteiger partial charge in [-0.25, -0.2) is 4.79 Å². The van der Waals surface area contributed by atoms with Gasteiger partial charge in [-0.3, -0.25) is 4.79 Å². The van der Waals surface area contributed by atoms with Crippen molar-refractivity contribution in [2.45, 2.75) is 58.4 Å². The number of nitrogens with zero attached hydrogens (tertiary/aromatic N) is 1. The van der Waals surface area contributed by atoms with Crippen LogP contribution in [-0.2, 0) is 9.59 Å². The second-order valence-electron chi connectivity index (χ2n) is 4.78. The Bertz CT molecular complexity index is 278. The molecule has 0 aromatic rings. The molecular formula is C13H23NO3. The summed E-state index contributed by atoms with van der Waals surface area (Å²) < 4.78 is 0. The Morgan fingerprint density at radius 2 is 2.12 bits per heavy atom. The highest BCUT2D eigenvalue weighted by Gasteiger charge is 2.36. The number of unbranched alkanes of at least 4 members (excludes halogenated alkanes) is 1. The number of carboxylic acid groups (broad SMARTS) is 1. The molecule has 1 saturated heterocycles. The maximum Gasteiger partial charge on any atom is 0.326 e. The molecule has 1 fully saturated rings. The first-order valence-corrected chi connectivity index (χ1v) is 6.65. The van der Waals surface area contributed by atoms with Crippen LogP contribution in [0.1, 0.15) is 52.4 Å². The Morgan fingerprint density at radius 3 is 2.65 bits per heavy atom. The summed E-state index contributed by atoms with van der Waals surface area (Å²) in [6.07, 6.45) is 5.22. The topological polar surface area (TPSA) is 57.6 Å². The first-order valence-electron chi connectivity index (χ1n) is 6.65. The lowest BCUT2D eigenvalue weighted by Crippen LogP contribution is -2.43. The van der Waals surface area contributed by atoms with Gasteiger partial charge in [0.25, 0.3) is 0 Å². The van der Waals surface area contributed by atoms with Crippen LogP contribution in [0.3, 0.4) is 0 Å². The summed E-state index contributed by atoms with van der Waals surface area (Å²) in [6, 6.07) is -0.585. The zero-order valence-electron chi connectivity index (χ0n) is 10.8. The van der Waals surface area contributed by atoms with E-state index in [1.54, 1.807) is 4.90 Å². The molecule has 0 spiro atoms. The standard InChI is InChI=1S/C13H23NO3/c1-3-5-7-10(4-2)12(15)14-9-6-8-11(14)13(16)17/h10-11H,3-9H2,1-2H3,(H,16,17)/t10?,11-/m0/s1. The maximum absolute atomic E-state index is 12.3. The Kier molecular flexibility index (Phi) is 5.45. The third kappa shape index (κ3) is 3.45. The first-order chi connectivity index (χ1) is 8.11. The highest BCUT2D eigenvalue weighted by molar-refractivity contribution is 5.85. The van der Waals surface area contributed by atoms with Gasteiger partial charge in [0.2, 0.25) is 5.91 Å². The van der Waals surface area contributed by atoms with Gasteiger partial charge in [0.1, 0.15) is 6.04 Å². The minimum atomic E-state index is -0.860. The predicted octanol–water partition coefficient (Wildman–Crippen LogP) is 2.28. The van der Waals surface area contributed by atoms with Crippen molar-refractivity contribution in [1.29, 1.82) is 0 Å². The number of carbonyl (C=O) groups excluding carboxylic acids is 1. The van der Waals surface area contributed by atoms with Crippen LogP contribution in [0.2, 0.25) is 0 Å². The molecule has 17 heavy (non-hydrogen) atoms. The minimum absolute atomic E-state index is 0.00917. The molecule has 0 aliphatic carbocycles. The number of hydrogen-bond acceptors (Lipinski definition) is 2. The third-order valence-corrected chi connectivity index (χ3v) is 3.57. The molecule has 2 atom stereocenters. The molecule has 0 aromatic carbocycles. The molecule has 4 nitrogen and oxygen atoms in total. The van der Waals surface area contributed by atoms with E-state index in [9.17, 15) is 9.59 Å². The SMILES string of the molecule is CCCCC(CC)C(=O)N1CCC[C@H]1C(=O)O. The largest absolute Gasteiger partial charge is 0.480 e. The van der Waals surface area contributed by atoms with E-state index in [1.165, 1.54) is 0 Å². The number of carbonyl (C=O) groups is 2. The van der Waals surface area contributed by atoms with E-state index in [4.69, 9.17) is 5.11 Å². The van der Waals surface area contributed by atoms with Gasteiger partial charge < -0.3 is 10.0 Å². The summed E-state index contributed by atoms with van der Waals surface area (Å²) in [4.78, 5) is 24.9. The van der Waals surface area contributed by atoms with Gasteiger partial charge in [-0.05, 0) is 25.7 Å². The molecule has 1 N–H and O–H groups in total. The van der Waals surface area contributed by atoms with Gasteiger partial charge in [0.15, 0.2) is 0 Å². The van der Waals surface area contributed by atoms with Crippen LogP contribution in [0.4, 0.5) is 0 Å². The van der Waals surface area contributed by atoms with Gasteiger partial charge in [-0.15, -0.1) is 0 Å². The zero-order chi connectivity index (χ0) is 12.8. The predicted molar refractivity (Wildman–Crippen MR) is 65.7 cm³/mol. The molecule has 1 rings (SSSR count). The molecule has 0 bridgehead atoms. The third-order valence-electron chi connectivity index (χ3n) is 3.57. The Hall–Kier alpha value is -1.06. The van der Waals surface area contributed by atoms with Crippen molar-refractivity contribution >= 4 is 11.9 Å². The normalized spacial score (nSPS) is 21.5. The molecule has 98 valence electrons. The fraction of sp³-hybridized carbons (Fsp3) is 0.846. The number of likely N-dealkylation sites (tertiary alicyclic amines) is 1. The van der Waals surface area contributed by atoms with Gasteiger partial charge in [-0.2, -0.15) is 0 Å². The molecule has 1 heterocycles. The maximum atomic E-state index is 12.3. The summed E-state index contributed by atoms with van der Waals surface area (Å²) in [6.45, 7) is 4.72. The van der Waals surface area contributed by atoms with Crippen LogP contribution in [0, 0.1) is 5.92 Å². The molecule has 0 saturated carbocycles. The van der Waals surface area contributed by atoms with Crippen LogP contribution >= 0.6 is 0 Å². The zero-order valence-corrected chi connectivity index (χ0v) is 10.8. The van der Waals surface area contributed by atoms with Gasteiger partial charge in [0.05, 0.1) is 0 Å². The van der Waals surface area contributed by atoms with Crippen molar-refractivity contribution in [3.8, 4) is 0 Å². The minimum Gasteiger partial charge on any atom is -0.480 e. The molecule has 1 aliphatic heterocycles. The lowest BCUT2D eigenvalue weighted by atomic mass is 9.97. The van der Waals surface area contributed by atoms with Crippen molar-refractivity contribution in [3.05, 3.63) is 0 Å². The van der Waals surface area contributed by atoms with E-state index in [-0.39, 0.29) is 11.8 Å². The lowest BCUT2D eigenvalue weighted by Gasteiger charge is -2.26. The van der Waals surface area contributed by atoms with E-state index in [1.807, 2.05) is 6.92 Å². The average molecular weight is 241 g/mol. The quantitative estimate of drug-likeness (QED) is 0.776. The van der Waals surface area contributed by atoms with E-state index >= 15 is 0 Å². The van der Waals surface area contributed by atoms with Crippen molar-refractivity contribution in [3.63, 3.8) is 0 Å². The fourth-order valence-corrected chi connectivity index (χ4v) is 2.47. The smallest absolute Gasteiger partial charge is 0.326 e. The Balaban J connectivity index is 2.63. The molecule has 0 radical (unpaired) electrons. The van der Waals surface area contributed by atoms with E-state index < -0.39 is 12.0 Å². The lowest BCUT2D eigenvalue weighted by molar-refractivity contribution is -0.150. The summed E-state index contributed by atoms with van der Waals surface area (Å²) >= 11 is 0. The van der Waals surface area contributed by atoms with Crippen LogP contribution in [0.25, 0.3) is 0 Å². The molecule has 0 aromatic heterocycles. The van der Waals surface area contributed by atoms with E-state index in [2.05, 4.69) is 6.92 Å². The van der Waals surface area contributed by atoms with Crippen molar-refractivity contribution in [1.82, 2.24) is 4.90 Å². The van der Waals surface area contributed by atoms with Crippen LogP contribution in [0.15, 0.2) is 0 Å². The summed E-state index contributed by atoms with van der Waals surface area (Å²) in [5.74, 6) is -0.804. The second-order valence-corrected chi connectivity index (χ2v) is 4.78. The second kappa shape index (κ2) is 6.62. The molecule has 1 unspecified atom stereocenters. The van der Waals surface area contributed by atoms with E-state index in [0.717, 1.165) is 32.1 Å². The number of rotatable bonds is 6. The number of amides is 1. The van der Waals surface area contributed by atoms with Crippen molar-refractivity contribution in [2.75, 3.05) is 6.54 Å². The molecular weight excluding hydrogens is 218 g/mol.